The van der Waals surface area contributed by atoms with Crippen molar-refractivity contribution in [1.29, 1.82) is 0 Å². The zero-order chi connectivity index (χ0) is 20.4. The highest BCUT2D eigenvalue weighted by Gasteiger charge is 2.28. The van der Waals surface area contributed by atoms with Gasteiger partial charge in [0.1, 0.15) is 0 Å². The lowest BCUT2D eigenvalue weighted by atomic mass is 10.1. The summed E-state index contributed by atoms with van der Waals surface area (Å²) in [6.45, 7) is 6.26. The van der Waals surface area contributed by atoms with Crippen LogP contribution in [0.25, 0.3) is 5.69 Å². The first kappa shape index (κ1) is 19.4. The first-order valence-electron chi connectivity index (χ1n) is 9.67. The maximum Gasteiger partial charge on any atom is 0.256 e. The van der Waals surface area contributed by atoms with E-state index in [0.717, 1.165) is 30.8 Å². The lowest BCUT2D eigenvalue weighted by molar-refractivity contribution is 0.0704. The maximum absolute atomic E-state index is 13.5. The van der Waals surface area contributed by atoms with Crippen LogP contribution in [-0.2, 0) is 0 Å². The summed E-state index contributed by atoms with van der Waals surface area (Å²) in [4.78, 5) is 23.4. The summed E-state index contributed by atoms with van der Waals surface area (Å²) in [6, 6.07) is 7.80. The van der Waals surface area contributed by atoms with Gasteiger partial charge in [-0.3, -0.25) is 9.78 Å². The first-order chi connectivity index (χ1) is 14.0. The molecule has 1 fully saturated rings. The number of aryl methyl sites for hydroxylation is 1. The van der Waals surface area contributed by atoms with E-state index in [9.17, 15) is 4.79 Å². The normalized spacial score (nSPS) is 17.3. The molecule has 0 aliphatic carbocycles. The van der Waals surface area contributed by atoms with Crippen molar-refractivity contribution >= 4 is 23.2 Å². The molecule has 0 N–H and O–H groups in total. The largest absolute Gasteiger partial charge is 0.368 e. The molecule has 0 saturated carbocycles. The van der Waals surface area contributed by atoms with E-state index in [-0.39, 0.29) is 11.9 Å². The van der Waals surface area contributed by atoms with E-state index < -0.39 is 0 Å². The van der Waals surface area contributed by atoms with Gasteiger partial charge in [-0.25, -0.2) is 0 Å². The molecule has 4 rings (SSSR count). The highest BCUT2D eigenvalue weighted by molar-refractivity contribution is 6.30. The van der Waals surface area contributed by atoms with Crippen molar-refractivity contribution in [3.05, 3.63) is 65.2 Å². The van der Waals surface area contributed by atoms with Crippen LogP contribution in [0.1, 0.15) is 29.3 Å². The number of anilines is 1. The van der Waals surface area contributed by atoms with Crippen LogP contribution < -0.4 is 4.90 Å². The molecule has 0 radical (unpaired) electrons. The van der Waals surface area contributed by atoms with Crippen LogP contribution in [0.4, 0.5) is 5.69 Å². The molecule has 29 heavy (non-hydrogen) atoms. The molecule has 1 aliphatic rings. The van der Waals surface area contributed by atoms with Crippen molar-refractivity contribution in [2.24, 2.45) is 0 Å². The van der Waals surface area contributed by atoms with E-state index in [0.29, 0.717) is 22.8 Å². The summed E-state index contributed by atoms with van der Waals surface area (Å²) in [5.74, 6) is -0.000399. The topological polar surface area (TPSA) is 67.2 Å². The SMILES string of the molecule is Cc1ccc(-n2nccn2)c(C(=O)N2CCN(c3cncc(Cl)c3)CC[C@H]2C)c1. The summed E-state index contributed by atoms with van der Waals surface area (Å²) >= 11 is 6.11. The van der Waals surface area contributed by atoms with Crippen molar-refractivity contribution in [1.82, 2.24) is 24.9 Å². The van der Waals surface area contributed by atoms with E-state index in [2.05, 4.69) is 27.0 Å². The van der Waals surface area contributed by atoms with Crippen LogP contribution in [0.5, 0.6) is 0 Å². The van der Waals surface area contributed by atoms with Gasteiger partial charge in [0.05, 0.1) is 40.6 Å². The van der Waals surface area contributed by atoms with Gasteiger partial charge in [-0.2, -0.15) is 15.0 Å². The number of aromatic nitrogens is 4. The van der Waals surface area contributed by atoms with E-state index in [1.165, 1.54) is 4.80 Å². The second kappa shape index (κ2) is 8.21. The van der Waals surface area contributed by atoms with Gasteiger partial charge >= 0.3 is 0 Å². The lowest BCUT2D eigenvalue weighted by Gasteiger charge is -2.27. The maximum atomic E-state index is 13.5. The Labute approximate surface area is 174 Å². The highest BCUT2D eigenvalue weighted by Crippen LogP contribution is 2.24. The Morgan fingerprint density at radius 2 is 1.90 bits per heavy atom. The first-order valence-corrected chi connectivity index (χ1v) is 10.0. The fourth-order valence-corrected chi connectivity index (χ4v) is 3.85. The molecule has 2 aromatic heterocycles. The van der Waals surface area contributed by atoms with E-state index in [1.54, 1.807) is 18.6 Å². The summed E-state index contributed by atoms with van der Waals surface area (Å²) in [6.07, 6.45) is 7.53. The average Bonchev–Trinajstić information content (AvgIpc) is 3.17. The Bertz CT molecular complexity index is 1010. The fourth-order valence-electron chi connectivity index (χ4n) is 3.68. The predicted molar refractivity (Wildman–Crippen MR) is 113 cm³/mol. The van der Waals surface area contributed by atoms with E-state index >= 15 is 0 Å². The van der Waals surface area contributed by atoms with Gasteiger partial charge in [0, 0.05) is 31.9 Å². The van der Waals surface area contributed by atoms with Gasteiger partial charge in [-0.1, -0.05) is 23.2 Å². The quantitative estimate of drug-likeness (QED) is 0.662. The summed E-state index contributed by atoms with van der Waals surface area (Å²) < 4.78 is 0. The minimum absolute atomic E-state index is 0.000399. The predicted octanol–water partition coefficient (Wildman–Crippen LogP) is 3.37. The monoisotopic (exact) mass is 410 g/mol. The average molecular weight is 411 g/mol. The van der Waals surface area contributed by atoms with Crippen molar-refractivity contribution in [3.63, 3.8) is 0 Å². The van der Waals surface area contributed by atoms with E-state index in [4.69, 9.17) is 11.6 Å². The highest BCUT2D eigenvalue weighted by atomic mass is 35.5. The number of benzene rings is 1. The molecule has 1 saturated heterocycles. The molecule has 0 spiro atoms. The van der Waals surface area contributed by atoms with Crippen LogP contribution in [-0.4, -0.2) is 56.5 Å². The van der Waals surface area contributed by atoms with Crippen molar-refractivity contribution in [3.8, 4) is 5.69 Å². The fraction of sp³-hybridized carbons (Fsp3) is 0.333. The standard InChI is InChI=1S/C21H23ClN6O/c1-15-3-4-20(28-24-6-7-25-28)19(11-15)21(29)27-10-9-26(8-5-16(27)2)18-12-17(22)13-23-14-18/h3-4,6-7,11-14,16H,5,8-10H2,1-2H3/t16-/m1/s1. The second-order valence-electron chi connectivity index (χ2n) is 7.32. The summed E-state index contributed by atoms with van der Waals surface area (Å²) in [5.41, 5.74) is 3.32. The van der Waals surface area contributed by atoms with Crippen LogP contribution in [0.3, 0.4) is 0 Å². The third kappa shape index (κ3) is 4.10. The zero-order valence-corrected chi connectivity index (χ0v) is 17.3. The number of hydrogen-bond donors (Lipinski definition) is 0. The number of rotatable bonds is 3. The molecule has 1 amide bonds. The molecule has 3 aromatic rings. The van der Waals surface area contributed by atoms with Crippen LogP contribution in [0.15, 0.2) is 49.1 Å². The van der Waals surface area contributed by atoms with Crippen molar-refractivity contribution < 1.29 is 4.79 Å². The zero-order valence-electron chi connectivity index (χ0n) is 16.5. The van der Waals surface area contributed by atoms with Crippen molar-refractivity contribution in [2.45, 2.75) is 26.3 Å². The molecule has 3 heterocycles. The molecule has 7 nitrogen and oxygen atoms in total. The number of pyridine rings is 1. The van der Waals surface area contributed by atoms with Crippen molar-refractivity contribution in [2.75, 3.05) is 24.5 Å². The van der Waals surface area contributed by atoms with Gasteiger partial charge in [-0.15, -0.1) is 0 Å². The van der Waals surface area contributed by atoms with Gasteiger partial charge < -0.3 is 9.80 Å². The number of halogens is 1. The number of carbonyl (C=O) groups is 1. The molecule has 0 unspecified atom stereocenters. The molecular weight excluding hydrogens is 388 g/mol. The molecular formula is C21H23ClN6O. The third-order valence-corrected chi connectivity index (χ3v) is 5.50. The van der Waals surface area contributed by atoms with Crippen LogP contribution in [0, 0.1) is 6.92 Å². The molecule has 1 aromatic carbocycles. The van der Waals surface area contributed by atoms with Gasteiger partial charge in [0.2, 0.25) is 0 Å². The van der Waals surface area contributed by atoms with Gasteiger partial charge in [0.25, 0.3) is 5.91 Å². The Balaban J connectivity index is 1.60. The number of amides is 1. The van der Waals surface area contributed by atoms with Gasteiger partial charge in [0.15, 0.2) is 0 Å². The smallest absolute Gasteiger partial charge is 0.256 e. The Kier molecular flexibility index (Phi) is 5.49. The Morgan fingerprint density at radius 3 is 2.66 bits per heavy atom. The number of hydrogen-bond acceptors (Lipinski definition) is 5. The summed E-state index contributed by atoms with van der Waals surface area (Å²) in [7, 11) is 0. The summed E-state index contributed by atoms with van der Waals surface area (Å²) in [5, 5.41) is 9.03. The van der Waals surface area contributed by atoms with Crippen LogP contribution in [0.2, 0.25) is 5.02 Å². The Hall–Kier alpha value is -2.93. The minimum Gasteiger partial charge on any atom is -0.368 e. The number of carbonyl (C=O) groups excluding carboxylic acids is 1. The molecule has 1 atom stereocenters. The third-order valence-electron chi connectivity index (χ3n) is 5.29. The minimum atomic E-state index is -0.000399. The molecule has 1 aliphatic heterocycles. The molecule has 8 heteroatoms. The Morgan fingerprint density at radius 1 is 1.10 bits per heavy atom. The molecule has 0 bridgehead atoms. The number of nitrogens with zero attached hydrogens (tertiary/aromatic N) is 6. The second-order valence-corrected chi connectivity index (χ2v) is 7.76. The van der Waals surface area contributed by atoms with E-state index in [1.807, 2.05) is 42.3 Å². The van der Waals surface area contributed by atoms with Gasteiger partial charge in [-0.05, 0) is 38.5 Å². The lowest BCUT2D eigenvalue weighted by Crippen LogP contribution is -2.40. The van der Waals surface area contributed by atoms with Crippen LogP contribution >= 0.6 is 11.6 Å². The molecule has 150 valence electrons.